The second kappa shape index (κ2) is 5.83. The Labute approximate surface area is 106 Å². The Balaban J connectivity index is 1.89. The molecule has 0 bridgehead atoms. The topological polar surface area (TPSA) is 65.2 Å². The molecule has 0 saturated carbocycles. The molecular formula is C10H10N2O3S2. The van der Waals surface area contributed by atoms with Crippen LogP contribution >= 0.6 is 23.1 Å². The van der Waals surface area contributed by atoms with E-state index in [2.05, 4.69) is 14.9 Å². The number of hydrogen-bond donors (Lipinski definition) is 0. The third kappa shape index (κ3) is 3.31. The number of carbonyl (C=O) groups excluding carboxylic acids is 1. The van der Waals surface area contributed by atoms with Gasteiger partial charge >= 0.3 is 5.97 Å². The minimum Gasteiger partial charge on any atom is -0.468 e. The van der Waals surface area contributed by atoms with E-state index in [9.17, 15) is 4.79 Å². The maximum atomic E-state index is 10.9. The quantitative estimate of drug-likeness (QED) is 0.776. The zero-order valence-electron chi connectivity index (χ0n) is 9.08. The molecule has 2 rings (SSSR count). The SMILES string of the molecule is COC(=O)CSCc1nc(-c2cccs2)no1. The summed E-state index contributed by atoms with van der Waals surface area (Å²) in [5.41, 5.74) is 0. The molecule has 0 spiro atoms. The lowest BCUT2D eigenvalue weighted by atomic mass is 10.4. The molecule has 0 aliphatic rings. The molecule has 0 aliphatic heterocycles. The number of nitrogens with zero attached hydrogens (tertiary/aromatic N) is 2. The number of rotatable bonds is 5. The highest BCUT2D eigenvalue weighted by atomic mass is 32.2. The van der Waals surface area contributed by atoms with Crippen LogP contribution in [-0.4, -0.2) is 29.0 Å². The first-order valence-corrected chi connectivity index (χ1v) is 6.84. The van der Waals surface area contributed by atoms with E-state index in [1.165, 1.54) is 18.9 Å². The Morgan fingerprint density at radius 2 is 2.53 bits per heavy atom. The van der Waals surface area contributed by atoms with Gasteiger partial charge in [-0.2, -0.15) is 4.98 Å². The van der Waals surface area contributed by atoms with Crippen molar-refractivity contribution in [3.05, 3.63) is 23.4 Å². The highest BCUT2D eigenvalue weighted by molar-refractivity contribution is 7.99. The van der Waals surface area contributed by atoms with E-state index in [0.29, 0.717) is 17.5 Å². The molecule has 2 aromatic rings. The van der Waals surface area contributed by atoms with Gasteiger partial charge in [0.15, 0.2) is 0 Å². The van der Waals surface area contributed by atoms with Crippen LogP contribution in [0.25, 0.3) is 10.7 Å². The van der Waals surface area contributed by atoms with Crippen molar-refractivity contribution in [3.8, 4) is 10.7 Å². The number of hydrogen-bond acceptors (Lipinski definition) is 7. The lowest BCUT2D eigenvalue weighted by molar-refractivity contribution is -0.137. The number of esters is 1. The summed E-state index contributed by atoms with van der Waals surface area (Å²) in [6.07, 6.45) is 0. The van der Waals surface area contributed by atoms with Gasteiger partial charge in [0.2, 0.25) is 11.7 Å². The van der Waals surface area contributed by atoms with Gasteiger partial charge in [0, 0.05) is 0 Å². The zero-order chi connectivity index (χ0) is 12.1. The van der Waals surface area contributed by atoms with Crippen molar-refractivity contribution in [1.29, 1.82) is 0 Å². The second-order valence-corrected chi connectivity index (χ2v) is 4.99. The molecule has 0 amide bonds. The number of thioether (sulfide) groups is 1. The Morgan fingerprint density at radius 1 is 1.65 bits per heavy atom. The fraction of sp³-hybridized carbons (Fsp3) is 0.300. The van der Waals surface area contributed by atoms with Crippen molar-refractivity contribution in [2.75, 3.05) is 12.9 Å². The predicted molar refractivity (Wildman–Crippen MR) is 65.8 cm³/mol. The lowest BCUT2D eigenvalue weighted by Crippen LogP contribution is -2.03. The summed E-state index contributed by atoms with van der Waals surface area (Å²) in [5.74, 6) is 1.64. The molecule has 0 aliphatic carbocycles. The molecule has 2 aromatic heterocycles. The number of methoxy groups -OCH3 is 1. The molecule has 0 atom stereocenters. The standard InChI is InChI=1S/C10H10N2O3S2/c1-14-9(13)6-16-5-8-11-10(12-15-8)7-3-2-4-17-7/h2-4H,5-6H2,1H3. The van der Waals surface area contributed by atoms with Gasteiger partial charge in [0.1, 0.15) is 0 Å². The van der Waals surface area contributed by atoms with Crippen LogP contribution in [-0.2, 0) is 15.3 Å². The average Bonchev–Trinajstić information content (AvgIpc) is 2.98. The summed E-state index contributed by atoms with van der Waals surface area (Å²) in [6.45, 7) is 0. The van der Waals surface area contributed by atoms with Gasteiger partial charge in [0.25, 0.3) is 0 Å². The van der Waals surface area contributed by atoms with E-state index >= 15 is 0 Å². The van der Waals surface area contributed by atoms with E-state index in [-0.39, 0.29) is 11.7 Å². The van der Waals surface area contributed by atoms with E-state index in [1.807, 2.05) is 17.5 Å². The number of aromatic nitrogens is 2. The van der Waals surface area contributed by atoms with Crippen molar-refractivity contribution >= 4 is 29.1 Å². The highest BCUT2D eigenvalue weighted by Gasteiger charge is 2.10. The summed E-state index contributed by atoms with van der Waals surface area (Å²) >= 11 is 2.94. The molecule has 0 fully saturated rings. The minimum absolute atomic E-state index is 0.256. The van der Waals surface area contributed by atoms with E-state index in [0.717, 1.165) is 4.88 Å². The highest BCUT2D eigenvalue weighted by Crippen LogP contribution is 2.22. The summed E-state index contributed by atoms with van der Waals surface area (Å²) in [4.78, 5) is 16.1. The van der Waals surface area contributed by atoms with Gasteiger partial charge < -0.3 is 9.26 Å². The van der Waals surface area contributed by atoms with Crippen LogP contribution in [0.1, 0.15) is 5.89 Å². The summed E-state index contributed by atoms with van der Waals surface area (Å²) in [7, 11) is 1.37. The van der Waals surface area contributed by atoms with Crippen LogP contribution < -0.4 is 0 Å². The molecule has 0 N–H and O–H groups in total. The van der Waals surface area contributed by atoms with Gasteiger partial charge in [-0.3, -0.25) is 4.79 Å². The maximum Gasteiger partial charge on any atom is 0.315 e. The second-order valence-electron chi connectivity index (χ2n) is 3.06. The van der Waals surface area contributed by atoms with Gasteiger partial charge in [-0.25, -0.2) is 0 Å². The van der Waals surface area contributed by atoms with Crippen molar-refractivity contribution in [1.82, 2.24) is 10.1 Å². The van der Waals surface area contributed by atoms with Crippen molar-refractivity contribution in [2.24, 2.45) is 0 Å². The van der Waals surface area contributed by atoms with Crippen LogP contribution in [0.15, 0.2) is 22.0 Å². The Kier molecular flexibility index (Phi) is 4.16. The minimum atomic E-state index is -0.256. The number of carbonyl (C=O) groups is 1. The van der Waals surface area contributed by atoms with Crippen molar-refractivity contribution in [3.63, 3.8) is 0 Å². The fourth-order valence-corrected chi connectivity index (χ4v) is 2.43. The van der Waals surface area contributed by atoms with Crippen LogP contribution in [0, 0.1) is 0 Å². The molecule has 5 nitrogen and oxygen atoms in total. The number of thiophene rings is 1. The van der Waals surface area contributed by atoms with Gasteiger partial charge in [-0.15, -0.1) is 23.1 Å². The molecule has 0 aromatic carbocycles. The van der Waals surface area contributed by atoms with E-state index < -0.39 is 0 Å². The van der Waals surface area contributed by atoms with E-state index in [1.54, 1.807) is 11.3 Å². The first-order valence-electron chi connectivity index (χ1n) is 4.80. The van der Waals surface area contributed by atoms with Crippen LogP contribution in [0.3, 0.4) is 0 Å². The summed E-state index contributed by atoms with van der Waals surface area (Å²) < 4.78 is 9.60. The first-order chi connectivity index (χ1) is 8.29. The molecule has 90 valence electrons. The Bertz CT molecular complexity index is 481. The summed E-state index contributed by atoms with van der Waals surface area (Å²) in [5, 5.41) is 5.83. The van der Waals surface area contributed by atoms with E-state index in [4.69, 9.17) is 4.52 Å². The van der Waals surface area contributed by atoms with Gasteiger partial charge in [-0.1, -0.05) is 11.2 Å². The van der Waals surface area contributed by atoms with Gasteiger partial charge in [0.05, 0.1) is 23.5 Å². The largest absolute Gasteiger partial charge is 0.468 e. The fourth-order valence-electron chi connectivity index (χ4n) is 1.10. The molecule has 2 heterocycles. The van der Waals surface area contributed by atoms with Crippen LogP contribution in [0.4, 0.5) is 0 Å². The number of ether oxygens (including phenoxy) is 1. The zero-order valence-corrected chi connectivity index (χ0v) is 10.7. The predicted octanol–water partition coefficient (Wildman–Crippen LogP) is 2.20. The molecule has 7 heteroatoms. The van der Waals surface area contributed by atoms with Crippen LogP contribution in [0.5, 0.6) is 0 Å². The molecule has 0 unspecified atom stereocenters. The Morgan fingerprint density at radius 3 is 3.24 bits per heavy atom. The first kappa shape index (κ1) is 12.1. The normalized spacial score (nSPS) is 10.4. The monoisotopic (exact) mass is 270 g/mol. The van der Waals surface area contributed by atoms with Gasteiger partial charge in [-0.05, 0) is 11.4 Å². The third-order valence-electron chi connectivity index (χ3n) is 1.88. The third-order valence-corrected chi connectivity index (χ3v) is 3.64. The molecule has 0 radical (unpaired) electrons. The average molecular weight is 270 g/mol. The lowest BCUT2D eigenvalue weighted by Gasteiger charge is -1.95. The van der Waals surface area contributed by atoms with Crippen molar-refractivity contribution < 1.29 is 14.1 Å². The molecule has 0 saturated heterocycles. The summed E-state index contributed by atoms with van der Waals surface area (Å²) in [6, 6.07) is 3.86. The smallest absolute Gasteiger partial charge is 0.315 e. The maximum absolute atomic E-state index is 10.9. The molecule has 17 heavy (non-hydrogen) atoms. The molecular weight excluding hydrogens is 260 g/mol. The Hall–Kier alpha value is -1.34. The van der Waals surface area contributed by atoms with Crippen molar-refractivity contribution in [2.45, 2.75) is 5.75 Å². The van der Waals surface area contributed by atoms with Crippen LogP contribution in [0.2, 0.25) is 0 Å².